The molecule has 0 aromatic rings. The van der Waals surface area contributed by atoms with Gasteiger partial charge in [0.2, 0.25) is 0 Å². The normalized spacial score (nSPS) is 24.8. The van der Waals surface area contributed by atoms with Gasteiger partial charge in [-0.15, -0.1) is 0 Å². The van der Waals surface area contributed by atoms with E-state index >= 15 is 0 Å². The first kappa shape index (κ1) is 13.3. The molecule has 1 aliphatic heterocycles. The summed E-state index contributed by atoms with van der Waals surface area (Å²) in [6, 6.07) is 0.173. The smallest absolute Gasteiger partial charge is 0.309 e. The van der Waals surface area contributed by atoms with Crippen molar-refractivity contribution in [1.82, 2.24) is 16.0 Å². The fraction of sp³-hybridized carbons (Fsp3) is 0.833. The molecule has 2 rings (SSSR count). The lowest BCUT2D eigenvalue weighted by atomic mass is 10.2. The van der Waals surface area contributed by atoms with Gasteiger partial charge in [0.05, 0.1) is 6.54 Å². The van der Waals surface area contributed by atoms with Crippen molar-refractivity contribution in [2.45, 2.75) is 44.4 Å². The quantitative estimate of drug-likeness (QED) is 0.594. The summed E-state index contributed by atoms with van der Waals surface area (Å²) in [5, 5.41) is 8.46. The molecule has 6 nitrogen and oxygen atoms in total. The molecule has 1 heterocycles. The fourth-order valence-electron chi connectivity index (χ4n) is 2.34. The van der Waals surface area contributed by atoms with Crippen LogP contribution >= 0.6 is 0 Å². The number of rotatable bonds is 3. The lowest BCUT2D eigenvalue weighted by Crippen LogP contribution is -2.50. The summed E-state index contributed by atoms with van der Waals surface area (Å²) in [7, 11) is 0. The second kappa shape index (κ2) is 6.70. The van der Waals surface area contributed by atoms with Crippen LogP contribution in [0.2, 0.25) is 0 Å². The van der Waals surface area contributed by atoms with Crippen molar-refractivity contribution >= 4 is 11.8 Å². The van der Waals surface area contributed by atoms with Gasteiger partial charge in [0, 0.05) is 12.6 Å². The summed E-state index contributed by atoms with van der Waals surface area (Å²) in [4.78, 5) is 23.2. The van der Waals surface area contributed by atoms with E-state index in [1.165, 1.54) is 0 Å². The third kappa shape index (κ3) is 3.96. The van der Waals surface area contributed by atoms with Gasteiger partial charge >= 0.3 is 11.8 Å². The number of nitrogens with one attached hydrogen (secondary N) is 3. The van der Waals surface area contributed by atoms with E-state index in [4.69, 9.17) is 4.74 Å². The van der Waals surface area contributed by atoms with Gasteiger partial charge in [0.25, 0.3) is 0 Å². The molecular formula is C12H21N3O3. The van der Waals surface area contributed by atoms with Crippen molar-refractivity contribution < 1.29 is 14.3 Å². The SMILES string of the molecule is O=C(NC[C@H]1NCCCO1)C(=O)NC1CCCC1. The van der Waals surface area contributed by atoms with Crippen LogP contribution in [0, 0.1) is 0 Å². The molecule has 0 aromatic heterocycles. The average molecular weight is 255 g/mol. The van der Waals surface area contributed by atoms with E-state index < -0.39 is 11.8 Å². The molecule has 3 N–H and O–H groups in total. The molecule has 1 saturated heterocycles. The Labute approximate surface area is 107 Å². The first-order valence-electron chi connectivity index (χ1n) is 6.69. The highest BCUT2D eigenvalue weighted by Crippen LogP contribution is 2.17. The van der Waals surface area contributed by atoms with Gasteiger partial charge in [-0.05, 0) is 25.8 Å². The molecule has 1 atom stereocenters. The van der Waals surface area contributed by atoms with Gasteiger partial charge in [-0.2, -0.15) is 0 Å². The zero-order valence-electron chi connectivity index (χ0n) is 10.5. The molecule has 2 aliphatic rings. The molecule has 0 aromatic carbocycles. The summed E-state index contributed by atoms with van der Waals surface area (Å²) in [5.74, 6) is -1.10. The van der Waals surface area contributed by atoms with E-state index in [0.29, 0.717) is 13.2 Å². The Kier molecular flexibility index (Phi) is 4.95. The summed E-state index contributed by atoms with van der Waals surface area (Å²) in [6.07, 6.45) is 5.02. The molecule has 0 bridgehead atoms. The van der Waals surface area contributed by atoms with Crippen molar-refractivity contribution in [2.75, 3.05) is 19.7 Å². The van der Waals surface area contributed by atoms with Crippen molar-refractivity contribution in [1.29, 1.82) is 0 Å². The van der Waals surface area contributed by atoms with E-state index in [-0.39, 0.29) is 12.3 Å². The van der Waals surface area contributed by atoms with Crippen molar-refractivity contribution in [2.24, 2.45) is 0 Å². The minimum absolute atomic E-state index is 0.173. The predicted octanol–water partition coefficient (Wildman–Crippen LogP) is -0.503. The molecule has 1 saturated carbocycles. The number of ether oxygens (including phenoxy) is 1. The maximum absolute atomic E-state index is 11.6. The topological polar surface area (TPSA) is 79.5 Å². The highest BCUT2D eigenvalue weighted by atomic mass is 16.5. The molecule has 0 radical (unpaired) electrons. The van der Waals surface area contributed by atoms with Crippen LogP contribution in [0.25, 0.3) is 0 Å². The lowest BCUT2D eigenvalue weighted by molar-refractivity contribution is -0.140. The highest BCUT2D eigenvalue weighted by Gasteiger charge is 2.22. The summed E-state index contributed by atoms with van der Waals surface area (Å²) >= 11 is 0. The zero-order chi connectivity index (χ0) is 12.8. The van der Waals surface area contributed by atoms with E-state index in [2.05, 4.69) is 16.0 Å². The van der Waals surface area contributed by atoms with Crippen LogP contribution in [0.1, 0.15) is 32.1 Å². The maximum atomic E-state index is 11.6. The van der Waals surface area contributed by atoms with Gasteiger partial charge in [-0.1, -0.05) is 12.8 Å². The standard InChI is InChI=1S/C12H21N3O3/c16-11(12(17)15-9-4-1-2-5-9)14-8-10-13-6-3-7-18-10/h9-10,13H,1-8H2,(H,14,16)(H,15,17)/t10-/m0/s1. The fourth-order valence-corrected chi connectivity index (χ4v) is 2.34. The highest BCUT2D eigenvalue weighted by molar-refractivity contribution is 6.35. The van der Waals surface area contributed by atoms with Gasteiger partial charge < -0.3 is 15.4 Å². The molecule has 1 aliphatic carbocycles. The second-order valence-corrected chi connectivity index (χ2v) is 4.83. The first-order valence-corrected chi connectivity index (χ1v) is 6.69. The van der Waals surface area contributed by atoms with Gasteiger partial charge in [-0.3, -0.25) is 14.9 Å². The van der Waals surface area contributed by atoms with Crippen molar-refractivity contribution in [3.63, 3.8) is 0 Å². The number of carbonyl (C=O) groups excluding carboxylic acids is 2. The van der Waals surface area contributed by atoms with Crippen LogP contribution in [0.15, 0.2) is 0 Å². The summed E-state index contributed by atoms with van der Waals surface area (Å²) < 4.78 is 5.38. The van der Waals surface area contributed by atoms with Crippen LogP contribution in [0.5, 0.6) is 0 Å². The second-order valence-electron chi connectivity index (χ2n) is 4.83. The molecule has 2 amide bonds. The molecule has 102 valence electrons. The molecular weight excluding hydrogens is 234 g/mol. The van der Waals surface area contributed by atoms with E-state index in [1.807, 2.05) is 0 Å². The molecule has 6 heteroatoms. The lowest BCUT2D eigenvalue weighted by Gasteiger charge is -2.24. The van der Waals surface area contributed by atoms with Gasteiger partial charge in [0.15, 0.2) is 0 Å². The predicted molar refractivity (Wildman–Crippen MR) is 65.8 cm³/mol. The van der Waals surface area contributed by atoms with Crippen molar-refractivity contribution in [3.8, 4) is 0 Å². The largest absolute Gasteiger partial charge is 0.361 e. The third-order valence-electron chi connectivity index (χ3n) is 3.36. The Hall–Kier alpha value is -1.14. The van der Waals surface area contributed by atoms with Crippen LogP contribution in [0.4, 0.5) is 0 Å². The Morgan fingerprint density at radius 3 is 2.61 bits per heavy atom. The Balaban J connectivity index is 1.65. The number of hydrogen-bond donors (Lipinski definition) is 3. The summed E-state index contributed by atoms with van der Waals surface area (Å²) in [6.45, 7) is 1.91. The van der Waals surface area contributed by atoms with E-state index in [0.717, 1.165) is 38.6 Å². The average Bonchev–Trinajstić information content (AvgIpc) is 2.90. The molecule has 18 heavy (non-hydrogen) atoms. The maximum Gasteiger partial charge on any atom is 0.309 e. The van der Waals surface area contributed by atoms with E-state index in [1.54, 1.807) is 0 Å². The van der Waals surface area contributed by atoms with Crippen LogP contribution in [-0.4, -0.2) is 43.8 Å². The molecule has 2 fully saturated rings. The van der Waals surface area contributed by atoms with Crippen LogP contribution < -0.4 is 16.0 Å². The molecule has 0 unspecified atom stereocenters. The number of carbonyl (C=O) groups is 2. The van der Waals surface area contributed by atoms with Gasteiger partial charge in [0.1, 0.15) is 6.23 Å². The summed E-state index contributed by atoms with van der Waals surface area (Å²) in [5.41, 5.74) is 0. The first-order chi connectivity index (χ1) is 8.75. The Bertz CT molecular complexity index is 297. The minimum atomic E-state index is -0.571. The van der Waals surface area contributed by atoms with Gasteiger partial charge in [-0.25, -0.2) is 0 Å². The number of hydrogen-bond acceptors (Lipinski definition) is 4. The van der Waals surface area contributed by atoms with Crippen LogP contribution in [0.3, 0.4) is 0 Å². The monoisotopic (exact) mass is 255 g/mol. The Morgan fingerprint density at radius 1 is 1.17 bits per heavy atom. The van der Waals surface area contributed by atoms with Crippen molar-refractivity contribution in [3.05, 3.63) is 0 Å². The number of amides is 2. The van der Waals surface area contributed by atoms with Crippen LogP contribution in [-0.2, 0) is 14.3 Å². The zero-order valence-corrected chi connectivity index (χ0v) is 10.5. The van der Waals surface area contributed by atoms with E-state index in [9.17, 15) is 9.59 Å². The Morgan fingerprint density at radius 2 is 1.94 bits per heavy atom. The third-order valence-corrected chi connectivity index (χ3v) is 3.36. The minimum Gasteiger partial charge on any atom is -0.361 e. The molecule has 0 spiro atoms.